The van der Waals surface area contributed by atoms with Gasteiger partial charge in [0.1, 0.15) is 6.10 Å². The minimum atomic E-state index is -0.00891. The fourth-order valence-corrected chi connectivity index (χ4v) is 1.45. The van der Waals surface area contributed by atoms with Gasteiger partial charge in [0.15, 0.2) is 11.5 Å². The SMILES string of the molecule is CCOc1cc(Br)ccc1OC(C)CN. The van der Waals surface area contributed by atoms with E-state index in [-0.39, 0.29) is 6.10 Å². The van der Waals surface area contributed by atoms with Crippen LogP contribution in [0.2, 0.25) is 0 Å². The summed E-state index contributed by atoms with van der Waals surface area (Å²) in [7, 11) is 0. The lowest BCUT2D eigenvalue weighted by Gasteiger charge is -2.16. The molecule has 2 N–H and O–H groups in total. The Labute approximate surface area is 98.7 Å². The summed E-state index contributed by atoms with van der Waals surface area (Å²) in [5.41, 5.74) is 5.50. The highest BCUT2D eigenvalue weighted by Gasteiger charge is 2.08. The summed E-state index contributed by atoms with van der Waals surface area (Å²) < 4.78 is 12.1. The number of hydrogen-bond acceptors (Lipinski definition) is 3. The maximum absolute atomic E-state index is 5.63. The molecular weight excluding hydrogens is 258 g/mol. The van der Waals surface area contributed by atoms with Gasteiger partial charge in [-0.3, -0.25) is 0 Å². The first-order valence-corrected chi connectivity index (χ1v) is 5.75. The normalized spacial score (nSPS) is 12.3. The standard InChI is InChI=1S/C11H16BrNO2/c1-3-14-11-6-9(12)4-5-10(11)15-8(2)7-13/h4-6,8H,3,7,13H2,1-2H3. The molecule has 4 heteroatoms. The number of benzene rings is 1. The third kappa shape index (κ3) is 3.72. The van der Waals surface area contributed by atoms with Gasteiger partial charge < -0.3 is 15.2 Å². The molecule has 0 amide bonds. The van der Waals surface area contributed by atoms with Gasteiger partial charge in [0.25, 0.3) is 0 Å². The van der Waals surface area contributed by atoms with Crippen LogP contribution in [0.5, 0.6) is 11.5 Å². The molecule has 1 unspecified atom stereocenters. The fourth-order valence-electron chi connectivity index (χ4n) is 1.11. The Morgan fingerprint density at radius 3 is 2.73 bits per heavy atom. The summed E-state index contributed by atoms with van der Waals surface area (Å²) in [5.74, 6) is 1.48. The molecule has 0 aliphatic heterocycles. The Morgan fingerprint density at radius 2 is 2.13 bits per heavy atom. The van der Waals surface area contributed by atoms with Crippen molar-refractivity contribution < 1.29 is 9.47 Å². The van der Waals surface area contributed by atoms with E-state index in [2.05, 4.69) is 15.9 Å². The van der Waals surface area contributed by atoms with Crippen LogP contribution in [0.1, 0.15) is 13.8 Å². The average molecular weight is 274 g/mol. The van der Waals surface area contributed by atoms with Crippen LogP contribution >= 0.6 is 15.9 Å². The first kappa shape index (κ1) is 12.3. The quantitative estimate of drug-likeness (QED) is 0.897. The van der Waals surface area contributed by atoms with Crippen LogP contribution in [-0.4, -0.2) is 19.3 Å². The van der Waals surface area contributed by atoms with E-state index in [9.17, 15) is 0 Å². The number of rotatable bonds is 5. The lowest BCUT2D eigenvalue weighted by atomic mass is 10.3. The molecule has 0 saturated heterocycles. The van der Waals surface area contributed by atoms with Crippen molar-refractivity contribution in [2.75, 3.05) is 13.2 Å². The van der Waals surface area contributed by atoms with E-state index < -0.39 is 0 Å². The van der Waals surface area contributed by atoms with Crippen molar-refractivity contribution in [3.63, 3.8) is 0 Å². The van der Waals surface area contributed by atoms with Gasteiger partial charge in [-0.1, -0.05) is 15.9 Å². The van der Waals surface area contributed by atoms with Crippen molar-refractivity contribution in [1.29, 1.82) is 0 Å². The molecule has 0 aromatic heterocycles. The Morgan fingerprint density at radius 1 is 1.40 bits per heavy atom. The highest BCUT2D eigenvalue weighted by atomic mass is 79.9. The highest BCUT2D eigenvalue weighted by molar-refractivity contribution is 9.10. The average Bonchev–Trinajstić information content (AvgIpc) is 2.22. The molecule has 1 aromatic carbocycles. The molecule has 0 aliphatic carbocycles. The van der Waals surface area contributed by atoms with Gasteiger partial charge in [-0.2, -0.15) is 0 Å². The van der Waals surface area contributed by atoms with E-state index in [1.54, 1.807) is 0 Å². The van der Waals surface area contributed by atoms with Gasteiger partial charge in [0.2, 0.25) is 0 Å². The van der Waals surface area contributed by atoms with E-state index in [0.717, 1.165) is 16.0 Å². The van der Waals surface area contributed by atoms with Crippen LogP contribution in [0.15, 0.2) is 22.7 Å². The van der Waals surface area contributed by atoms with Crippen LogP contribution in [0.3, 0.4) is 0 Å². The van der Waals surface area contributed by atoms with Crippen LogP contribution in [0, 0.1) is 0 Å². The second-order valence-electron chi connectivity index (χ2n) is 3.19. The molecule has 1 atom stereocenters. The maximum Gasteiger partial charge on any atom is 0.162 e. The van der Waals surface area contributed by atoms with Crippen molar-refractivity contribution in [1.82, 2.24) is 0 Å². The predicted octanol–water partition coefficient (Wildman–Crippen LogP) is 2.57. The van der Waals surface area contributed by atoms with E-state index in [0.29, 0.717) is 13.2 Å². The van der Waals surface area contributed by atoms with Crippen LogP contribution in [0.4, 0.5) is 0 Å². The molecule has 84 valence electrons. The van der Waals surface area contributed by atoms with Crippen LogP contribution in [-0.2, 0) is 0 Å². The summed E-state index contributed by atoms with van der Waals surface area (Å²) in [5, 5.41) is 0. The largest absolute Gasteiger partial charge is 0.490 e. The number of hydrogen-bond donors (Lipinski definition) is 1. The number of halogens is 1. The Kier molecular flexibility index (Phi) is 4.91. The fraction of sp³-hybridized carbons (Fsp3) is 0.455. The number of nitrogens with two attached hydrogens (primary N) is 1. The van der Waals surface area contributed by atoms with E-state index in [4.69, 9.17) is 15.2 Å². The summed E-state index contributed by atoms with van der Waals surface area (Å²) in [6, 6.07) is 5.68. The van der Waals surface area contributed by atoms with Gasteiger partial charge in [0.05, 0.1) is 6.61 Å². The molecule has 0 radical (unpaired) electrons. The van der Waals surface area contributed by atoms with Gasteiger partial charge in [-0.15, -0.1) is 0 Å². The Balaban J connectivity index is 2.85. The lowest BCUT2D eigenvalue weighted by molar-refractivity contribution is 0.213. The lowest BCUT2D eigenvalue weighted by Crippen LogP contribution is -2.23. The zero-order valence-corrected chi connectivity index (χ0v) is 10.6. The summed E-state index contributed by atoms with van der Waals surface area (Å²) in [4.78, 5) is 0. The zero-order chi connectivity index (χ0) is 11.3. The first-order valence-electron chi connectivity index (χ1n) is 4.96. The van der Waals surface area contributed by atoms with Crippen molar-refractivity contribution in [3.05, 3.63) is 22.7 Å². The van der Waals surface area contributed by atoms with Crippen molar-refractivity contribution in [3.8, 4) is 11.5 Å². The summed E-state index contributed by atoms with van der Waals surface area (Å²) >= 11 is 3.39. The second kappa shape index (κ2) is 5.98. The first-order chi connectivity index (χ1) is 7.17. The van der Waals surface area contributed by atoms with Crippen molar-refractivity contribution >= 4 is 15.9 Å². The molecule has 0 fully saturated rings. The second-order valence-corrected chi connectivity index (χ2v) is 4.10. The van der Waals surface area contributed by atoms with E-state index in [1.165, 1.54) is 0 Å². The molecule has 3 nitrogen and oxygen atoms in total. The Bertz CT molecular complexity index is 317. The van der Waals surface area contributed by atoms with Gasteiger partial charge in [0, 0.05) is 11.0 Å². The molecule has 0 bridgehead atoms. The Hall–Kier alpha value is -0.740. The minimum Gasteiger partial charge on any atom is -0.490 e. The molecule has 15 heavy (non-hydrogen) atoms. The van der Waals surface area contributed by atoms with Gasteiger partial charge >= 0.3 is 0 Å². The summed E-state index contributed by atoms with van der Waals surface area (Å²) in [6.07, 6.45) is -0.00891. The van der Waals surface area contributed by atoms with E-state index in [1.807, 2.05) is 32.0 Å². The number of ether oxygens (including phenoxy) is 2. The van der Waals surface area contributed by atoms with Crippen LogP contribution < -0.4 is 15.2 Å². The molecule has 0 heterocycles. The molecular formula is C11H16BrNO2. The van der Waals surface area contributed by atoms with Crippen molar-refractivity contribution in [2.45, 2.75) is 20.0 Å². The van der Waals surface area contributed by atoms with Crippen molar-refractivity contribution in [2.24, 2.45) is 5.73 Å². The molecule has 0 aliphatic rings. The maximum atomic E-state index is 5.63. The monoisotopic (exact) mass is 273 g/mol. The van der Waals surface area contributed by atoms with Gasteiger partial charge in [-0.05, 0) is 32.0 Å². The summed E-state index contributed by atoms with van der Waals surface area (Å²) in [6.45, 7) is 4.97. The van der Waals surface area contributed by atoms with Crippen LogP contribution in [0.25, 0.3) is 0 Å². The third-order valence-electron chi connectivity index (χ3n) is 1.87. The molecule has 1 aromatic rings. The molecule has 1 rings (SSSR count). The van der Waals surface area contributed by atoms with Gasteiger partial charge in [-0.25, -0.2) is 0 Å². The van der Waals surface area contributed by atoms with E-state index >= 15 is 0 Å². The predicted molar refractivity (Wildman–Crippen MR) is 64.5 cm³/mol. The molecule has 0 spiro atoms. The molecule has 0 saturated carbocycles. The third-order valence-corrected chi connectivity index (χ3v) is 2.36. The zero-order valence-electron chi connectivity index (χ0n) is 9.00. The smallest absolute Gasteiger partial charge is 0.162 e. The highest BCUT2D eigenvalue weighted by Crippen LogP contribution is 2.31. The minimum absolute atomic E-state index is 0.00891. The topological polar surface area (TPSA) is 44.5 Å².